The van der Waals surface area contributed by atoms with Crippen molar-refractivity contribution in [1.29, 1.82) is 0 Å². The maximum atomic E-state index is 12.7. The number of amides is 4. The molecule has 1 fully saturated rings. The zero-order chi connectivity index (χ0) is 21.0. The fraction of sp³-hybridized carbons (Fsp3) is 0.200. The number of nitrogens with one attached hydrogen (secondary N) is 2. The van der Waals surface area contributed by atoms with Crippen molar-refractivity contribution in [2.45, 2.75) is 12.5 Å². The third-order valence-corrected chi connectivity index (χ3v) is 4.62. The molecule has 0 unspecified atom stereocenters. The van der Waals surface area contributed by atoms with Gasteiger partial charge in [-0.1, -0.05) is 48.0 Å². The lowest BCUT2D eigenvalue weighted by molar-refractivity contribution is -0.150. The lowest BCUT2D eigenvalue weighted by Gasteiger charge is -2.21. The van der Waals surface area contributed by atoms with E-state index in [1.54, 1.807) is 61.5 Å². The number of anilines is 1. The molecule has 2 N–H and O–H groups in total. The van der Waals surface area contributed by atoms with Gasteiger partial charge in [-0.2, -0.15) is 0 Å². The van der Waals surface area contributed by atoms with E-state index < -0.39 is 42.5 Å². The first-order chi connectivity index (χ1) is 13.8. The molecule has 3 rings (SSSR count). The van der Waals surface area contributed by atoms with Gasteiger partial charge >= 0.3 is 12.0 Å². The summed E-state index contributed by atoms with van der Waals surface area (Å²) < 4.78 is 4.88. The monoisotopic (exact) mass is 415 g/mol. The number of ether oxygens (including phenoxy) is 1. The number of hydrogen-bond donors (Lipinski definition) is 2. The van der Waals surface area contributed by atoms with Crippen LogP contribution in [-0.4, -0.2) is 41.9 Å². The van der Waals surface area contributed by atoms with E-state index in [2.05, 4.69) is 10.6 Å². The third-order valence-electron chi connectivity index (χ3n) is 4.39. The van der Waals surface area contributed by atoms with E-state index >= 15 is 0 Å². The summed E-state index contributed by atoms with van der Waals surface area (Å²) in [6.07, 6.45) is 0. The van der Waals surface area contributed by atoms with E-state index in [0.717, 1.165) is 4.90 Å². The van der Waals surface area contributed by atoms with Crippen molar-refractivity contribution in [3.05, 3.63) is 65.2 Å². The van der Waals surface area contributed by atoms with Crippen LogP contribution in [0.2, 0.25) is 5.02 Å². The fourth-order valence-electron chi connectivity index (χ4n) is 2.89. The Bertz CT molecular complexity index is 966. The topological polar surface area (TPSA) is 105 Å². The van der Waals surface area contributed by atoms with Crippen LogP contribution in [0.3, 0.4) is 0 Å². The Morgan fingerprint density at radius 3 is 2.55 bits per heavy atom. The van der Waals surface area contributed by atoms with E-state index in [1.807, 2.05) is 0 Å². The molecular weight excluding hydrogens is 398 g/mol. The number of esters is 1. The van der Waals surface area contributed by atoms with Gasteiger partial charge in [0.15, 0.2) is 6.61 Å². The molecular formula is C20H18ClN3O5. The summed E-state index contributed by atoms with van der Waals surface area (Å²) >= 11 is 5.83. The summed E-state index contributed by atoms with van der Waals surface area (Å²) in [5.41, 5.74) is -0.232. The van der Waals surface area contributed by atoms with Crippen LogP contribution in [0.25, 0.3) is 0 Å². The Balaban J connectivity index is 1.56. The molecule has 1 saturated heterocycles. The van der Waals surface area contributed by atoms with Crippen LogP contribution in [0.1, 0.15) is 12.5 Å². The second kappa shape index (κ2) is 8.32. The number of hydrogen-bond acceptors (Lipinski definition) is 5. The van der Waals surface area contributed by atoms with Gasteiger partial charge in [-0.25, -0.2) is 4.79 Å². The molecule has 0 saturated carbocycles. The van der Waals surface area contributed by atoms with Crippen LogP contribution in [0.5, 0.6) is 0 Å². The van der Waals surface area contributed by atoms with Gasteiger partial charge in [-0.05, 0) is 30.7 Å². The van der Waals surface area contributed by atoms with Crippen LogP contribution in [0.15, 0.2) is 54.6 Å². The van der Waals surface area contributed by atoms with Crippen molar-refractivity contribution in [2.75, 3.05) is 18.5 Å². The molecule has 150 valence electrons. The first kappa shape index (κ1) is 20.3. The van der Waals surface area contributed by atoms with Crippen molar-refractivity contribution in [2.24, 2.45) is 0 Å². The highest BCUT2D eigenvalue weighted by Gasteiger charge is 2.49. The number of urea groups is 1. The minimum atomic E-state index is -1.28. The highest BCUT2D eigenvalue weighted by atomic mass is 35.5. The van der Waals surface area contributed by atoms with Crippen molar-refractivity contribution in [3.63, 3.8) is 0 Å². The van der Waals surface area contributed by atoms with E-state index in [0.29, 0.717) is 16.3 Å². The van der Waals surface area contributed by atoms with E-state index in [-0.39, 0.29) is 0 Å². The molecule has 0 spiro atoms. The number of imide groups is 1. The molecule has 0 radical (unpaired) electrons. The van der Waals surface area contributed by atoms with E-state index in [1.165, 1.54) is 0 Å². The molecule has 0 aromatic heterocycles. The van der Waals surface area contributed by atoms with Crippen LogP contribution in [0.4, 0.5) is 10.5 Å². The zero-order valence-corrected chi connectivity index (χ0v) is 16.2. The average Bonchev–Trinajstić information content (AvgIpc) is 2.91. The number of rotatable bonds is 6. The Hall–Kier alpha value is -3.39. The second-order valence-corrected chi connectivity index (χ2v) is 6.97. The van der Waals surface area contributed by atoms with Gasteiger partial charge in [0.25, 0.3) is 11.8 Å². The zero-order valence-electron chi connectivity index (χ0n) is 15.5. The Morgan fingerprint density at radius 2 is 1.86 bits per heavy atom. The largest absolute Gasteiger partial charge is 0.454 e. The SMILES string of the molecule is C[C@]1(c2ccccc2)NC(=O)N(CC(=O)OCC(=O)Nc2cccc(Cl)c2)C1=O. The van der Waals surface area contributed by atoms with Crippen molar-refractivity contribution >= 4 is 41.1 Å². The first-order valence-corrected chi connectivity index (χ1v) is 9.08. The predicted molar refractivity (Wildman–Crippen MR) is 105 cm³/mol. The van der Waals surface area contributed by atoms with E-state index in [9.17, 15) is 19.2 Å². The maximum Gasteiger partial charge on any atom is 0.326 e. The molecule has 2 aromatic rings. The number of halogens is 1. The van der Waals surface area contributed by atoms with Crippen LogP contribution < -0.4 is 10.6 Å². The first-order valence-electron chi connectivity index (χ1n) is 8.70. The summed E-state index contributed by atoms with van der Waals surface area (Å²) in [5.74, 6) is -2.03. The summed E-state index contributed by atoms with van der Waals surface area (Å²) in [7, 11) is 0. The quantitative estimate of drug-likeness (QED) is 0.556. The van der Waals surface area contributed by atoms with Gasteiger partial charge < -0.3 is 15.4 Å². The van der Waals surface area contributed by atoms with Crippen molar-refractivity contribution in [3.8, 4) is 0 Å². The van der Waals surface area contributed by atoms with Crippen LogP contribution >= 0.6 is 11.6 Å². The minimum Gasteiger partial charge on any atom is -0.454 e. The van der Waals surface area contributed by atoms with Crippen LogP contribution in [0, 0.1) is 0 Å². The molecule has 1 heterocycles. The Morgan fingerprint density at radius 1 is 1.14 bits per heavy atom. The van der Waals surface area contributed by atoms with Gasteiger partial charge in [0.1, 0.15) is 12.1 Å². The van der Waals surface area contributed by atoms with Crippen molar-refractivity contribution in [1.82, 2.24) is 10.2 Å². The fourth-order valence-corrected chi connectivity index (χ4v) is 3.08. The van der Waals surface area contributed by atoms with Gasteiger partial charge in [0.2, 0.25) is 0 Å². The molecule has 9 heteroatoms. The highest BCUT2D eigenvalue weighted by Crippen LogP contribution is 2.28. The smallest absolute Gasteiger partial charge is 0.326 e. The maximum absolute atomic E-state index is 12.7. The lowest BCUT2D eigenvalue weighted by Crippen LogP contribution is -2.41. The minimum absolute atomic E-state index is 0.444. The summed E-state index contributed by atoms with van der Waals surface area (Å²) in [6.45, 7) is 0.398. The molecule has 4 amide bonds. The second-order valence-electron chi connectivity index (χ2n) is 6.53. The Kier molecular flexibility index (Phi) is 5.84. The molecule has 0 bridgehead atoms. The summed E-state index contributed by atoms with van der Waals surface area (Å²) in [4.78, 5) is 49.7. The molecule has 2 aromatic carbocycles. The van der Waals surface area contributed by atoms with Gasteiger partial charge in [-0.15, -0.1) is 0 Å². The average molecular weight is 416 g/mol. The number of nitrogens with zero attached hydrogens (tertiary/aromatic N) is 1. The van der Waals surface area contributed by atoms with Gasteiger partial charge in [0, 0.05) is 10.7 Å². The molecule has 1 aliphatic heterocycles. The summed E-state index contributed by atoms with van der Waals surface area (Å²) in [6, 6.07) is 14.5. The van der Waals surface area contributed by atoms with Crippen LogP contribution in [-0.2, 0) is 24.7 Å². The molecule has 8 nitrogen and oxygen atoms in total. The predicted octanol–water partition coefficient (Wildman–Crippen LogP) is 2.29. The van der Waals surface area contributed by atoms with Gasteiger partial charge in [0.05, 0.1) is 0 Å². The molecule has 1 aliphatic rings. The number of benzene rings is 2. The molecule has 29 heavy (non-hydrogen) atoms. The van der Waals surface area contributed by atoms with Gasteiger partial charge in [-0.3, -0.25) is 19.3 Å². The van der Waals surface area contributed by atoms with E-state index in [4.69, 9.17) is 16.3 Å². The number of carbonyl (C=O) groups is 4. The highest BCUT2D eigenvalue weighted by molar-refractivity contribution is 6.30. The normalized spacial score (nSPS) is 18.3. The Labute approximate surface area is 171 Å². The lowest BCUT2D eigenvalue weighted by atomic mass is 9.92. The number of carbonyl (C=O) groups excluding carboxylic acids is 4. The summed E-state index contributed by atoms with van der Waals surface area (Å²) in [5, 5.41) is 5.56. The standard InChI is InChI=1S/C20H18ClN3O5/c1-20(13-6-3-2-4-7-13)18(27)24(19(28)23-20)11-17(26)29-12-16(25)22-15-9-5-8-14(21)10-15/h2-10H,11-12H2,1H3,(H,22,25)(H,23,28)/t20-/m1/s1. The van der Waals surface area contributed by atoms with Crippen molar-refractivity contribution < 1.29 is 23.9 Å². The third kappa shape index (κ3) is 4.55. The molecule has 1 atom stereocenters. The molecule has 0 aliphatic carbocycles.